The van der Waals surface area contributed by atoms with E-state index in [0.717, 1.165) is 10.3 Å². The monoisotopic (exact) mass is 347 g/mol. The molecule has 1 aromatic carbocycles. The van der Waals surface area contributed by atoms with Crippen LogP contribution in [-0.4, -0.2) is 14.8 Å². The fraction of sp³-hybridized carbons (Fsp3) is 0.200. The summed E-state index contributed by atoms with van der Waals surface area (Å²) in [5.74, 6) is 1.15. The zero-order valence-corrected chi connectivity index (χ0v) is 11.6. The van der Waals surface area contributed by atoms with Crippen molar-refractivity contribution in [3.8, 4) is 11.4 Å². The van der Waals surface area contributed by atoms with Crippen molar-refractivity contribution in [1.82, 2.24) is 14.8 Å². The molecule has 1 aromatic heterocycles. The molecule has 0 aliphatic heterocycles. The van der Waals surface area contributed by atoms with E-state index in [1.807, 2.05) is 11.6 Å². The molecule has 16 heavy (non-hydrogen) atoms. The van der Waals surface area contributed by atoms with Gasteiger partial charge in [0.15, 0.2) is 5.82 Å². The molecule has 0 amide bonds. The SMILES string of the molecule is Cn1c(CBr)nnc1-c1cc(F)ccc1Br. The second-order valence-corrected chi connectivity index (χ2v) is 4.67. The van der Waals surface area contributed by atoms with Gasteiger partial charge in [0.05, 0.1) is 5.33 Å². The maximum atomic E-state index is 13.2. The highest BCUT2D eigenvalue weighted by atomic mass is 79.9. The van der Waals surface area contributed by atoms with Crippen LogP contribution in [0, 0.1) is 5.82 Å². The minimum Gasteiger partial charge on any atom is -0.313 e. The Balaban J connectivity index is 2.58. The van der Waals surface area contributed by atoms with Crippen LogP contribution in [0.1, 0.15) is 5.82 Å². The summed E-state index contributed by atoms with van der Waals surface area (Å²) in [6, 6.07) is 4.49. The molecular weight excluding hydrogens is 341 g/mol. The van der Waals surface area contributed by atoms with Gasteiger partial charge in [-0.2, -0.15) is 0 Å². The minimum atomic E-state index is -0.290. The molecule has 0 fully saturated rings. The first kappa shape index (κ1) is 11.7. The van der Waals surface area contributed by atoms with E-state index in [1.165, 1.54) is 12.1 Å². The van der Waals surface area contributed by atoms with E-state index >= 15 is 0 Å². The van der Waals surface area contributed by atoms with Gasteiger partial charge in [0.1, 0.15) is 11.6 Å². The average Bonchev–Trinajstić information content (AvgIpc) is 2.63. The van der Waals surface area contributed by atoms with Gasteiger partial charge in [0.25, 0.3) is 0 Å². The van der Waals surface area contributed by atoms with E-state index in [1.54, 1.807) is 6.07 Å². The first-order chi connectivity index (χ1) is 7.63. The second kappa shape index (κ2) is 4.63. The summed E-state index contributed by atoms with van der Waals surface area (Å²) in [5, 5.41) is 8.66. The molecule has 84 valence electrons. The lowest BCUT2D eigenvalue weighted by Gasteiger charge is -2.04. The van der Waals surface area contributed by atoms with Crippen LogP contribution in [0.5, 0.6) is 0 Å². The van der Waals surface area contributed by atoms with Crippen molar-refractivity contribution in [3.63, 3.8) is 0 Å². The lowest BCUT2D eigenvalue weighted by molar-refractivity contribution is 0.627. The fourth-order valence-electron chi connectivity index (χ4n) is 1.38. The van der Waals surface area contributed by atoms with Crippen LogP contribution in [0.3, 0.4) is 0 Å². The second-order valence-electron chi connectivity index (χ2n) is 3.26. The molecule has 1 heterocycles. The zero-order valence-electron chi connectivity index (χ0n) is 8.41. The third kappa shape index (κ3) is 2.04. The first-order valence-corrected chi connectivity index (χ1v) is 6.44. The van der Waals surface area contributed by atoms with Gasteiger partial charge in [0.2, 0.25) is 0 Å². The number of alkyl halides is 1. The molecule has 0 bridgehead atoms. The molecule has 0 N–H and O–H groups in total. The number of rotatable bonds is 2. The molecule has 2 aromatic rings. The zero-order chi connectivity index (χ0) is 11.7. The number of nitrogens with zero attached hydrogens (tertiary/aromatic N) is 3. The smallest absolute Gasteiger partial charge is 0.164 e. The van der Waals surface area contributed by atoms with Crippen LogP contribution in [0.2, 0.25) is 0 Å². The lowest BCUT2D eigenvalue weighted by Crippen LogP contribution is -1.97. The Kier molecular flexibility index (Phi) is 3.39. The minimum absolute atomic E-state index is 0.290. The number of aromatic nitrogens is 3. The number of halogens is 3. The summed E-state index contributed by atoms with van der Waals surface area (Å²) in [6.45, 7) is 0. The first-order valence-electron chi connectivity index (χ1n) is 4.53. The Labute approximate surface area is 109 Å². The fourth-order valence-corrected chi connectivity index (χ4v) is 2.29. The summed E-state index contributed by atoms with van der Waals surface area (Å²) in [6.07, 6.45) is 0. The summed E-state index contributed by atoms with van der Waals surface area (Å²) >= 11 is 6.69. The molecule has 2 rings (SSSR count). The summed E-state index contributed by atoms with van der Waals surface area (Å²) in [7, 11) is 1.85. The predicted octanol–water partition coefficient (Wildman–Crippen LogP) is 3.28. The number of benzene rings is 1. The Morgan fingerprint density at radius 3 is 2.75 bits per heavy atom. The van der Waals surface area contributed by atoms with Crippen molar-refractivity contribution in [1.29, 1.82) is 0 Å². The lowest BCUT2D eigenvalue weighted by atomic mass is 10.2. The van der Waals surface area contributed by atoms with Gasteiger partial charge >= 0.3 is 0 Å². The Morgan fingerprint density at radius 2 is 2.12 bits per heavy atom. The molecule has 3 nitrogen and oxygen atoms in total. The highest BCUT2D eigenvalue weighted by Gasteiger charge is 2.13. The standard InChI is InChI=1S/C10H8Br2FN3/c1-16-9(5-11)14-15-10(16)7-4-6(13)2-3-8(7)12/h2-4H,5H2,1H3. The molecular formula is C10H8Br2FN3. The molecule has 0 aliphatic carbocycles. The van der Waals surface area contributed by atoms with Crippen LogP contribution in [-0.2, 0) is 12.4 Å². The van der Waals surface area contributed by atoms with Crippen molar-refractivity contribution >= 4 is 31.9 Å². The quantitative estimate of drug-likeness (QED) is 0.780. The van der Waals surface area contributed by atoms with E-state index in [4.69, 9.17) is 0 Å². The van der Waals surface area contributed by atoms with E-state index in [9.17, 15) is 4.39 Å². The largest absolute Gasteiger partial charge is 0.313 e. The van der Waals surface area contributed by atoms with Crippen molar-refractivity contribution in [3.05, 3.63) is 34.3 Å². The molecule has 0 saturated heterocycles. The predicted molar refractivity (Wildman–Crippen MR) is 66.7 cm³/mol. The average molecular weight is 349 g/mol. The van der Waals surface area contributed by atoms with Gasteiger partial charge in [-0.1, -0.05) is 31.9 Å². The van der Waals surface area contributed by atoms with Crippen LogP contribution in [0.25, 0.3) is 11.4 Å². The Hall–Kier alpha value is -0.750. The van der Waals surface area contributed by atoms with E-state index in [-0.39, 0.29) is 5.82 Å². The van der Waals surface area contributed by atoms with Crippen LogP contribution < -0.4 is 0 Å². The highest BCUT2D eigenvalue weighted by Crippen LogP contribution is 2.27. The third-order valence-corrected chi connectivity index (χ3v) is 3.45. The van der Waals surface area contributed by atoms with Gasteiger partial charge in [0, 0.05) is 17.1 Å². The van der Waals surface area contributed by atoms with E-state index in [0.29, 0.717) is 16.7 Å². The molecule has 0 spiro atoms. The molecule has 0 aliphatic rings. The van der Waals surface area contributed by atoms with Gasteiger partial charge in [-0.3, -0.25) is 0 Å². The molecule has 0 saturated carbocycles. The van der Waals surface area contributed by atoms with Gasteiger partial charge in [-0.05, 0) is 18.2 Å². The number of hydrogen-bond acceptors (Lipinski definition) is 2. The molecule has 0 unspecified atom stereocenters. The van der Waals surface area contributed by atoms with Crippen molar-refractivity contribution in [2.45, 2.75) is 5.33 Å². The summed E-state index contributed by atoms with van der Waals surface area (Å²) in [4.78, 5) is 0. The Morgan fingerprint density at radius 1 is 1.38 bits per heavy atom. The highest BCUT2D eigenvalue weighted by molar-refractivity contribution is 9.10. The van der Waals surface area contributed by atoms with E-state index in [2.05, 4.69) is 42.1 Å². The van der Waals surface area contributed by atoms with Gasteiger partial charge in [-0.15, -0.1) is 10.2 Å². The molecule has 6 heteroatoms. The van der Waals surface area contributed by atoms with Crippen molar-refractivity contribution in [2.75, 3.05) is 0 Å². The van der Waals surface area contributed by atoms with Gasteiger partial charge < -0.3 is 4.57 Å². The van der Waals surface area contributed by atoms with Crippen LogP contribution in [0.15, 0.2) is 22.7 Å². The normalized spacial score (nSPS) is 10.8. The van der Waals surface area contributed by atoms with E-state index < -0.39 is 0 Å². The molecule has 0 atom stereocenters. The van der Waals surface area contributed by atoms with Crippen LogP contribution in [0.4, 0.5) is 4.39 Å². The van der Waals surface area contributed by atoms with Gasteiger partial charge in [-0.25, -0.2) is 4.39 Å². The van der Waals surface area contributed by atoms with Crippen molar-refractivity contribution in [2.24, 2.45) is 7.05 Å². The van der Waals surface area contributed by atoms with Crippen LogP contribution >= 0.6 is 31.9 Å². The summed E-state index contributed by atoms with van der Waals surface area (Å²) in [5.41, 5.74) is 0.696. The third-order valence-electron chi connectivity index (χ3n) is 2.25. The maximum absolute atomic E-state index is 13.2. The topological polar surface area (TPSA) is 30.7 Å². The maximum Gasteiger partial charge on any atom is 0.164 e. The Bertz CT molecular complexity index is 525. The number of hydrogen-bond donors (Lipinski definition) is 0. The molecule has 0 radical (unpaired) electrons. The van der Waals surface area contributed by atoms with Crippen molar-refractivity contribution < 1.29 is 4.39 Å². The summed E-state index contributed by atoms with van der Waals surface area (Å²) < 4.78 is 15.8.